The Morgan fingerprint density at radius 1 is 0.830 bits per heavy atom. The number of allylic oxidation sites excluding steroid dienone is 6. The zero-order valence-corrected chi connectivity index (χ0v) is 32.0. The van der Waals surface area contributed by atoms with E-state index in [-0.39, 0.29) is 27.7 Å². The van der Waals surface area contributed by atoms with Crippen molar-refractivity contribution in [1.29, 1.82) is 0 Å². The highest BCUT2D eigenvalue weighted by Crippen LogP contribution is 2.48. The van der Waals surface area contributed by atoms with Crippen LogP contribution in [0.4, 0.5) is 17.1 Å². The fourth-order valence-corrected chi connectivity index (χ4v) is 8.10. The van der Waals surface area contributed by atoms with Crippen LogP contribution in [-0.2, 0) is 35.9 Å². The van der Waals surface area contributed by atoms with Gasteiger partial charge in [0.25, 0.3) is 20.2 Å². The van der Waals surface area contributed by atoms with Crippen LogP contribution in [0.1, 0.15) is 75.9 Å². The van der Waals surface area contributed by atoms with Crippen LogP contribution in [0.25, 0.3) is 0 Å². The number of rotatable bonds is 12. The highest BCUT2D eigenvalue weighted by molar-refractivity contribution is 7.86. The predicted octanol–water partition coefficient (Wildman–Crippen LogP) is 6.88. The minimum Gasteiger partial charge on any atom is -0.478 e. The molecule has 0 radical (unpaired) electrons. The summed E-state index contributed by atoms with van der Waals surface area (Å²) in [6.07, 6.45) is 8.15. The molecule has 12 nitrogen and oxygen atoms in total. The third-order valence-corrected chi connectivity index (χ3v) is 11.6. The SMILES string of the molecule is CCN1/C(=C/C=C(/C=C/C2=[N+](CC)c3ccc(S(=O)(=O)O)cc3C2(C)C)CCC(=O)Nc2ccc(C(=O)O)cc2)C(C)(C)c2cc(S(=O)(=O)O)ccc21. The first kappa shape index (κ1) is 39.3. The molecule has 14 heteroatoms. The molecular weight excluding hydrogens is 719 g/mol. The van der Waals surface area contributed by atoms with Crippen molar-refractivity contribution >= 4 is 54.9 Å². The van der Waals surface area contributed by atoms with Gasteiger partial charge in [-0.1, -0.05) is 26.0 Å². The summed E-state index contributed by atoms with van der Waals surface area (Å²) in [5, 5.41) is 12.0. The fourth-order valence-electron chi connectivity index (χ4n) is 7.08. The van der Waals surface area contributed by atoms with Gasteiger partial charge < -0.3 is 15.3 Å². The van der Waals surface area contributed by atoms with Crippen LogP contribution in [0.5, 0.6) is 0 Å². The van der Waals surface area contributed by atoms with Gasteiger partial charge in [0.2, 0.25) is 11.6 Å². The topological polar surface area (TPSA) is 181 Å². The Kier molecular flexibility index (Phi) is 10.8. The van der Waals surface area contributed by atoms with Gasteiger partial charge in [-0.15, -0.1) is 0 Å². The number of hydrogen-bond donors (Lipinski definition) is 4. The van der Waals surface area contributed by atoms with E-state index in [1.807, 2.05) is 65.8 Å². The lowest BCUT2D eigenvalue weighted by atomic mass is 9.81. The van der Waals surface area contributed by atoms with Crippen molar-refractivity contribution in [3.05, 3.63) is 113 Å². The van der Waals surface area contributed by atoms with Gasteiger partial charge in [-0.25, -0.2) is 4.79 Å². The highest BCUT2D eigenvalue weighted by Gasteiger charge is 2.44. The molecule has 1 amide bonds. The Labute approximate surface area is 310 Å². The van der Waals surface area contributed by atoms with E-state index in [1.165, 1.54) is 48.5 Å². The summed E-state index contributed by atoms with van der Waals surface area (Å²) in [5.74, 6) is -1.35. The van der Waals surface area contributed by atoms with Gasteiger partial charge >= 0.3 is 5.97 Å². The molecule has 0 saturated carbocycles. The minimum atomic E-state index is -4.42. The molecule has 0 fully saturated rings. The van der Waals surface area contributed by atoms with Gasteiger partial charge in [0.1, 0.15) is 6.54 Å². The van der Waals surface area contributed by atoms with E-state index < -0.39 is 37.0 Å². The lowest BCUT2D eigenvalue weighted by molar-refractivity contribution is -0.433. The number of carbonyl (C=O) groups excluding carboxylic acids is 1. The molecule has 280 valence electrons. The number of hydrogen-bond acceptors (Lipinski definition) is 7. The standard InChI is InChI=1S/C39H43N3O9S2/c1-7-41-32-18-16-28(52(46,47)48)23-30(32)38(3,4)34(41)20-9-25(11-22-36(43)40-27-14-12-26(13-15-27)37(44)45)10-21-35-39(5,6)31-24-29(53(49,50)51)17-19-33(31)42(35)8-2/h9-10,12-21,23-24H,7-8,11,22H2,1-6H3,(H3-,40,43,44,45,46,47,48,49,50,51)/p+1. The van der Waals surface area contributed by atoms with Crippen molar-refractivity contribution in [3.63, 3.8) is 0 Å². The van der Waals surface area contributed by atoms with E-state index in [0.717, 1.165) is 39.5 Å². The second-order valence-corrected chi connectivity index (χ2v) is 16.8. The van der Waals surface area contributed by atoms with E-state index in [9.17, 15) is 40.6 Å². The summed E-state index contributed by atoms with van der Waals surface area (Å²) in [6, 6.07) is 15.0. The van der Waals surface area contributed by atoms with Gasteiger partial charge in [0.05, 0.1) is 20.8 Å². The van der Waals surface area contributed by atoms with Crippen LogP contribution < -0.4 is 10.2 Å². The lowest BCUT2D eigenvalue weighted by Crippen LogP contribution is -2.27. The number of benzene rings is 3. The molecular formula is C39H44N3O9S2+. The molecule has 0 saturated heterocycles. The molecule has 0 unspecified atom stereocenters. The maximum Gasteiger partial charge on any atom is 0.335 e. The van der Waals surface area contributed by atoms with E-state index in [0.29, 0.717) is 25.2 Å². The van der Waals surface area contributed by atoms with E-state index >= 15 is 0 Å². The zero-order valence-electron chi connectivity index (χ0n) is 30.4. The number of nitrogens with zero attached hydrogens (tertiary/aromatic N) is 2. The third kappa shape index (κ3) is 7.91. The highest BCUT2D eigenvalue weighted by atomic mass is 32.2. The monoisotopic (exact) mass is 762 g/mol. The van der Waals surface area contributed by atoms with Crippen molar-refractivity contribution in [2.75, 3.05) is 23.3 Å². The summed E-state index contributed by atoms with van der Waals surface area (Å²) < 4.78 is 69.5. The molecule has 2 aliphatic rings. The molecule has 0 aromatic heterocycles. The number of carbonyl (C=O) groups is 2. The van der Waals surface area contributed by atoms with E-state index in [2.05, 4.69) is 14.8 Å². The summed E-state index contributed by atoms with van der Waals surface area (Å²) in [7, 11) is -8.84. The smallest absolute Gasteiger partial charge is 0.335 e. The van der Waals surface area contributed by atoms with Crippen molar-refractivity contribution in [3.8, 4) is 0 Å². The first-order valence-electron chi connectivity index (χ1n) is 17.1. The molecule has 0 aliphatic carbocycles. The largest absolute Gasteiger partial charge is 0.478 e. The van der Waals surface area contributed by atoms with E-state index in [1.54, 1.807) is 12.1 Å². The quantitative estimate of drug-likeness (QED) is 0.0863. The maximum atomic E-state index is 13.1. The molecule has 3 aromatic carbocycles. The van der Waals surface area contributed by atoms with Gasteiger partial charge in [-0.05, 0) is 106 Å². The molecule has 0 bridgehead atoms. The molecule has 53 heavy (non-hydrogen) atoms. The minimum absolute atomic E-state index is 0.0903. The Bertz CT molecular complexity index is 2340. The second-order valence-electron chi connectivity index (χ2n) is 14.0. The molecule has 5 rings (SSSR count). The second kappa shape index (κ2) is 14.5. The van der Waals surface area contributed by atoms with Crippen LogP contribution in [0.2, 0.25) is 0 Å². The number of carboxylic acid groups (broad SMARTS) is 1. The van der Waals surface area contributed by atoms with Gasteiger partial charge in [0.15, 0.2) is 5.71 Å². The van der Waals surface area contributed by atoms with Crippen LogP contribution in [0, 0.1) is 0 Å². The first-order chi connectivity index (χ1) is 24.7. The average molecular weight is 763 g/mol. The van der Waals surface area contributed by atoms with Crippen LogP contribution >= 0.6 is 0 Å². The normalized spacial score (nSPS) is 17.4. The molecule has 4 N–H and O–H groups in total. The Morgan fingerprint density at radius 2 is 1.43 bits per heavy atom. The molecule has 2 aliphatic heterocycles. The Hall–Kier alpha value is -4.89. The fraction of sp³-hybridized carbons (Fsp3) is 0.308. The number of nitrogens with one attached hydrogen (secondary N) is 1. The van der Waals surface area contributed by atoms with Gasteiger partial charge in [0, 0.05) is 53.2 Å². The molecule has 2 heterocycles. The van der Waals surface area contributed by atoms with Crippen molar-refractivity contribution in [1.82, 2.24) is 0 Å². The van der Waals surface area contributed by atoms with Crippen LogP contribution in [-0.4, -0.2) is 66.3 Å². The van der Waals surface area contributed by atoms with Crippen molar-refractivity contribution in [2.45, 2.75) is 75.0 Å². The number of anilines is 2. The lowest BCUT2D eigenvalue weighted by Gasteiger charge is -2.26. The van der Waals surface area contributed by atoms with E-state index in [4.69, 9.17) is 0 Å². The number of fused-ring (bicyclic) bond motifs is 2. The Morgan fingerprint density at radius 3 is 2.00 bits per heavy atom. The molecule has 3 aromatic rings. The number of carboxylic acids is 1. The number of likely N-dealkylation sites (N-methyl/N-ethyl adjacent to an activating group) is 1. The summed E-state index contributed by atoms with van der Waals surface area (Å²) >= 11 is 0. The van der Waals surface area contributed by atoms with Crippen LogP contribution in [0.15, 0.2) is 106 Å². The number of aromatic carboxylic acids is 1. The summed E-state index contributed by atoms with van der Waals surface area (Å²) in [6.45, 7) is 13.0. The molecule has 0 spiro atoms. The maximum absolute atomic E-state index is 13.1. The number of amides is 1. The third-order valence-electron chi connectivity index (χ3n) is 9.92. The summed E-state index contributed by atoms with van der Waals surface area (Å²) in [5.41, 5.74) is 4.92. The average Bonchev–Trinajstić information content (AvgIpc) is 3.44. The zero-order chi connectivity index (χ0) is 39.1. The van der Waals surface area contributed by atoms with Gasteiger partial charge in [-0.2, -0.15) is 21.4 Å². The van der Waals surface area contributed by atoms with Gasteiger partial charge in [-0.3, -0.25) is 13.9 Å². The molecule has 0 atom stereocenters. The van der Waals surface area contributed by atoms with Crippen LogP contribution in [0.3, 0.4) is 0 Å². The first-order valence-corrected chi connectivity index (χ1v) is 20.0. The predicted molar refractivity (Wildman–Crippen MR) is 204 cm³/mol. The van der Waals surface area contributed by atoms with Crippen molar-refractivity contribution in [2.24, 2.45) is 0 Å². The van der Waals surface area contributed by atoms with Crippen molar-refractivity contribution < 1.29 is 45.2 Å². The summed E-state index contributed by atoms with van der Waals surface area (Å²) in [4.78, 5) is 26.1. The Balaban J connectivity index is 1.53.